The van der Waals surface area contributed by atoms with Gasteiger partial charge < -0.3 is 10.3 Å². The molecule has 0 bridgehead atoms. The fraction of sp³-hybridized carbons (Fsp3) is 0.700. The molecule has 2 heterocycles. The van der Waals surface area contributed by atoms with Crippen LogP contribution in [-0.2, 0) is 13.1 Å². The van der Waals surface area contributed by atoms with Crippen LogP contribution in [0, 0.1) is 0 Å². The average molecular weight is 211 g/mol. The first-order valence-electron chi connectivity index (χ1n) is 5.06. The van der Waals surface area contributed by atoms with Crippen molar-refractivity contribution in [3.8, 4) is 0 Å². The van der Waals surface area contributed by atoms with Crippen LogP contribution >= 0.6 is 11.8 Å². The van der Waals surface area contributed by atoms with Gasteiger partial charge in [0.2, 0.25) is 0 Å². The van der Waals surface area contributed by atoms with Crippen LogP contribution in [0.15, 0.2) is 12.5 Å². The van der Waals surface area contributed by atoms with Crippen molar-refractivity contribution in [3.05, 3.63) is 18.2 Å². The number of imidazole rings is 1. The molecule has 1 atom stereocenters. The summed E-state index contributed by atoms with van der Waals surface area (Å²) in [5.74, 6) is 1.30. The molecule has 1 saturated heterocycles. The Morgan fingerprint density at radius 3 is 3.14 bits per heavy atom. The first-order chi connectivity index (χ1) is 6.72. The van der Waals surface area contributed by atoms with Gasteiger partial charge in [-0.25, -0.2) is 4.98 Å². The third kappa shape index (κ3) is 2.12. The maximum atomic E-state index is 5.52. The summed E-state index contributed by atoms with van der Waals surface area (Å²) in [5.41, 5.74) is 6.51. The minimum atomic E-state index is 0.409. The van der Waals surface area contributed by atoms with Gasteiger partial charge in [-0.3, -0.25) is 0 Å². The smallest absolute Gasteiger partial charge is 0.0950 e. The number of nitrogens with two attached hydrogens (primary N) is 1. The van der Waals surface area contributed by atoms with Crippen LogP contribution in [0.25, 0.3) is 0 Å². The minimum Gasteiger partial charge on any atom is -0.336 e. The summed E-state index contributed by atoms with van der Waals surface area (Å²) in [5, 5.41) is 0. The molecule has 0 saturated carbocycles. The van der Waals surface area contributed by atoms with Crippen LogP contribution in [0.5, 0.6) is 0 Å². The second-order valence-electron chi connectivity index (χ2n) is 4.14. The molecular formula is C10H17N3S. The van der Waals surface area contributed by atoms with Crippen LogP contribution in [0.1, 0.15) is 25.5 Å². The SMILES string of the molecule is CC1(Cn2cnc(CN)c2)CCCS1. The number of aromatic nitrogens is 2. The molecule has 0 aromatic carbocycles. The van der Waals surface area contributed by atoms with Gasteiger partial charge in [0.1, 0.15) is 0 Å². The lowest BCUT2D eigenvalue weighted by Crippen LogP contribution is -2.22. The van der Waals surface area contributed by atoms with Crippen molar-refractivity contribution in [2.24, 2.45) is 5.73 Å². The van der Waals surface area contributed by atoms with Gasteiger partial charge in [-0.05, 0) is 25.5 Å². The normalized spacial score (nSPS) is 27.0. The lowest BCUT2D eigenvalue weighted by Gasteiger charge is -2.22. The Hall–Kier alpha value is -0.480. The van der Waals surface area contributed by atoms with E-state index in [9.17, 15) is 0 Å². The van der Waals surface area contributed by atoms with Crippen LogP contribution in [0.2, 0.25) is 0 Å². The Balaban J connectivity index is 2.02. The van der Waals surface area contributed by atoms with Crippen LogP contribution in [-0.4, -0.2) is 20.1 Å². The van der Waals surface area contributed by atoms with Crippen LogP contribution in [0.4, 0.5) is 0 Å². The second kappa shape index (κ2) is 3.95. The molecule has 0 radical (unpaired) electrons. The number of hydrogen-bond donors (Lipinski definition) is 1. The second-order valence-corrected chi connectivity index (χ2v) is 5.83. The molecule has 4 heteroatoms. The van der Waals surface area contributed by atoms with Crippen molar-refractivity contribution in [3.63, 3.8) is 0 Å². The number of hydrogen-bond acceptors (Lipinski definition) is 3. The lowest BCUT2D eigenvalue weighted by atomic mass is 10.1. The standard InChI is InChI=1S/C10H17N3S/c1-10(3-2-4-14-10)7-13-6-9(5-11)12-8-13/h6,8H,2-5,7,11H2,1H3. The minimum absolute atomic E-state index is 0.409. The topological polar surface area (TPSA) is 43.8 Å². The average Bonchev–Trinajstić information content (AvgIpc) is 2.75. The maximum absolute atomic E-state index is 5.52. The van der Waals surface area contributed by atoms with E-state index in [1.54, 1.807) is 0 Å². The predicted octanol–water partition coefficient (Wildman–Crippen LogP) is 1.63. The monoisotopic (exact) mass is 211 g/mol. The van der Waals surface area contributed by atoms with Crippen molar-refractivity contribution >= 4 is 11.8 Å². The molecule has 1 aliphatic rings. The third-order valence-electron chi connectivity index (χ3n) is 2.71. The van der Waals surface area contributed by atoms with E-state index in [0.29, 0.717) is 11.3 Å². The Bertz CT molecular complexity index is 302. The summed E-state index contributed by atoms with van der Waals surface area (Å²) < 4.78 is 2.58. The summed E-state index contributed by atoms with van der Waals surface area (Å²) >= 11 is 2.08. The molecule has 78 valence electrons. The van der Waals surface area contributed by atoms with Gasteiger partial charge in [0.25, 0.3) is 0 Å². The molecule has 1 fully saturated rings. The van der Waals surface area contributed by atoms with Gasteiger partial charge in [0.05, 0.1) is 12.0 Å². The van der Waals surface area contributed by atoms with E-state index in [2.05, 4.69) is 34.4 Å². The zero-order valence-electron chi connectivity index (χ0n) is 8.57. The highest BCUT2D eigenvalue weighted by Gasteiger charge is 2.29. The Morgan fingerprint density at radius 2 is 2.57 bits per heavy atom. The quantitative estimate of drug-likeness (QED) is 0.826. The van der Waals surface area contributed by atoms with Gasteiger partial charge >= 0.3 is 0 Å². The molecular weight excluding hydrogens is 194 g/mol. The fourth-order valence-electron chi connectivity index (χ4n) is 1.95. The molecule has 1 unspecified atom stereocenters. The molecule has 1 aromatic heterocycles. The summed E-state index contributed by atoms with van der Waals surface area (Å²) in [7, 11) is 0. The largest absolute Gasteiger partial charge is 0.336 e. The molecule has 0 spiro atoms. The molecule has 1 aromatic rings. The zero-order valence-corrected chi connectivity index (χ0v) is 9.39. The van der Waals surface area contributed by atoms with Gasteiger partial charge in [0, 0.05) is 24.0 Å². The highest BCUT2D eigenvalue weighted by molar-refractivity contribution is 8.00. The van der Waals surface area contributed by atoms with Crippen molar-refractivity contribution < 1.29 is 0 Å². The van der Waals surface area contributed by atoms with Gasteiger partial charge in [-0.15, -0.1) is 0 Å². The van der Waals surface area contributed by atoms with Crippen LogP contribution < -0.4 is 5.73 Å². The number of rotatable bonds is 3. The molecule has 3 nitrogen and oxygen atoms in total. The van der Waals surface area contributed by atoms with Crippen molar-refractivity contribution in [2.75, 3.05) is 5.75 Å². The van der Waals surface area contributed by atoms with E-state index in [1.807, 2.05) is 6.33 Å². The molecule has 2 N–H and O–H groups in total. The molecule has 0 aliphatic carbocycles. The van der Waals surface area contributed by atoms with E-state index < -0.39 is 0 Å². The van der Waals surface area contributed by atoms with E-state index in [0.717, 1.165) is 12.2 Å². The van der Waals surface area contributed by atoms with Gasteiger partial charge in [0.15, 0.2) is 0 Å². The lowest BCUT2D eigenvalue weighted by molar-refractivity contribution is 0.510. The van der Waals surface area contributed by atoms with E-state index in [4.69, 9.17) is 5.73 Å². The first-order valence-corrected chi connectivity index (χ1v) is 6.05. The maximum Gasteiger partial charge on any atom is 0.0950 e. The van der Waals surface area contributed by atoms with Crippen molar-refractivity contribution in [1.82, 2.24) is 9.55 Å². The van der Waals surface area contributed by atoms with E-state index in [1.165, 1.54) is 18.6 Å². The molecule has 2 rings (SSSR count). The summed E-state index contributed by atoms with van der Waals surface area (Å²) in [6, 6.07) is 0. The van der Waals surface area contributed by atoms with Gasteiger partial charge in [-0.2, -0.15) is 11.8 Å². The highest BCUT2D eigenvalue weighted by Crippen LogP contribution is 2.38. The molecule has 0 amide bonds. The van der Waals surface area contributed by atoms with Crippen molar-refractivity contribution in [2.45, 2.75) is 37.6 Å². The van der Waals surface area contributed by atoms with Crippen molar-refractivity contribution in [1.29, 1.82) is 0 Å². The zero-order chi connectivity index (χ0) is 10.0. The number of nitrogens with zero attached hydrogens (tertiary/aromatic N) is 2. The highest BCUT2D eigenvalue weighted by atomic mass is 32.2. The Morgan fingerprint density at radius 1 is 1.71 bits per heavy atom. The van der Waals surface area contributed by atoms with Crippen LogP contribution in [0.3, 0.4) is 0 Å². The summed E-state index contributed by atoms with van der Waals surface area (Å²) in [6.45, 7) is 3.94. The van der Waals surface area contributed by atoms with Gasteiger partial charge in [-0.1, -0.05) is 0 Å². The Kier molecular flexibility index (Phi) is 2.83. The fourth-order valence-corrected chi connectivity index (χ4v) is 3.26. The first kappa shape index (κ1) is 10.1. The third-order valence-corrected chi connectivity index (χ3v) is 4.24. The predicted molar refractivity (Wildman–Crippen MR) is 60.2 cm³/mol. The summed E-state index contributed by atoms with van der Waals surface area (Å²) in [4.78, 5) is 4.24. The van der Waals surface area contributed by atoms with E-state index >= 15 is 0 Å². The molecule has 1 aliphatic heterocycles. The van der Waals surface area contributed by atoms with E-state index in [-0.39, 0.29) is 0 Å². The summed E-state index contributed by atoms with van der Waals surface area (Å²) in [6.07, 6.45) is 6.61. The number of thioether (sulfide) groups is 1. The Labute approximate surface area is 89.1 Å². The molecule has 14 heavy (non-hydrogen) atoms.